The molecule has 184 valence electrons. The third kappa shape index (κ3) is 3.14. The maximum Gasteiger partial charge on any atom is 0.341 e. The van der Waals surface area contributed by atoms with Crippen LogP contribution in [-0.2, 0) is 16.8 Å². The van der Waals surface area contributed by atoms with Crippen molar-refractivity contribution in [3.8, 4) is 11.5 Å². The lowest BCUT2D eigenvalue weighted by Gasteiger charge is -2.37. The van der Waals surface area contributed by atoms with Crippen molar-refractivity contribution in [1.29, 1.82) is 0 Å². The van der Waals surface area contributed by atoms with Crippen LogP contribution in [0.5, 0.6) is 11.5 Å². The highest BCUT2D eigenvalue weighted by Gasteiger charge is 2.56. The molecule has 1 unspecified atom stereocenters. The van der Waals surface area contributed by atoms with E-state index in [1.165, 1.54) is 5.56 Å². The molecule has 0 bridgehead atoms. The van der Waals surface area contributed by atoms with Gasteiger partial charge in [-0.1, -0.05) is 76.2 Å². The van der Waals surface area contributed by atoms with E-state index in [0.29, 0.717) is 33.2 Å². The molecule has 0 N–H and O–H groups in total. The number of carbonyl (C=O) groups is 1. The van der Waals surface area contributed by atoms with E-state index in [1.54, 1.807) is 18.2 Å². The van der Waals surface area contributed by atoms with Crippen LogP contribution >= 0.6 is 58.0 Å². The summed E-state index contributed by atoms with van der Waals surface area (Å²) >= 11 is 32.4. The molecule has 0 saturated heterocycles. The molecule has 4 aromatic rings. The molecule has 9 heteroatoms. The molecule has 3 aliphatic heterocycles. The zero-order valence-corrected chi connectivity index (χ0v) is 22.5. The summed E-state index contributed by atoms with van der Waals surface area (Å²) in [6.45, 7) is 0.832. The number of halogens is 5. The first kappa shape index (κ1) is 23.5. The molecule has 7 rings (SSSR count). The van der Waals surface area contributed by atoms with Crippen LogP contribution in [0.2, 0.25) is 25.1 Å². The first-order valence-corrected chi connectivity index (χ1v) is 13.3. The van der Waals surface area contributed by atoms with Gasteiger partial charge in [-0.2, -0.15) is 0 Å². The fourth-order valence-corrected chi connectivity index (χ4v) is 6.79. The molecule has 0 radical (unpaired) electrons. The molecule has 3 aliphatic rings. The van der Waals surface area contributed by atoms with Crippen molar-refractivity contribution in [2.45, 2.75) is 12.0 Å². The highest BCUT2D eigenvalue weighted by molar-refractivity contribution is 6.53. The predicted molar refractivity (Wildman–Crippen MR) is 147 cm³/mol. The van der Waals surface area contributed by atoms with E-state index >= 15 is 0 Å². The number of rotatable bonds is 1. The van der Waals surface area contributed by atoms with Crippen molar-refractivity contribution in [2.75, 3.05) is 11.4 Å². The summed E-state index contributed by atoms with van der Waals surface area (Å²) in [5, 5.41) is 0.571. The van der Waals surface area contributed by atoms with Crippen LogP contribution in [0.1, 0.15) is 32.6 Å². The smallest absolute Gasteiger partial charge is 0.341 e. The number of benzene rings is 4. The molecule has 0 aromatic heterocycles. The molecular formula is C28H14Cl5NO3. The van der Waals surface area contributed by atoms with Crippen LogP contribution in [0.4, 0.5) is 11.4 Å². The summed E-state index contributed by atoms with van der Waals surface area (Å²) in [5.74, 6) is 0.264. The van der Waals surface area contributed by atoms with Gasteiger partial charge in [-0.15, -0.1) is 0 Å². The maximum absolute atomic E-state index is 13.3. The molecule has 3 heterocycles. The van der Waals surface area contributed by atoms with Gasteiger partial charge in [-0.3, -0.25) is 0 Å². The average molecular weight is 590 g/mol. The maximum atomic E-state index is 13.3. The summed E-state index contributed by atoms with van der Waals surface area (Å²) in [6, 6.07) is 19.2. The van der Waals surface area contributed by atoms with Gasteiger partial charge >= 0.3 is 5.97 Å². The first-order valence-electron chi connectivity index (χ1n) is 11.4. The Bertz CT molecular complexity index is 1690. The van der Waals surface area contributed by atoms with Crippen molar-refractivity contribution in [1.82, 2.24) is 0 Å². The van der Waals surface area contributed by atoms with Gasteiger partial charge in [0.1, 0.15) is 11.5 Å². The second-order valence-corrected chi connectivity index (χ2v) is 11.0. The Labute approximate surface area is 237 Å². The number of hydrogen-bond acceptors (Lipinski definition) is 4. The number of esters is 1. The second-order valence-electron chi connectivity index (χ2n) is 9.03. The molecule has 1 atom stereocenters. The van der Waals surface area contributed by atoms with Gasteiger partial charge in [0.2, 0.25) is 0 Å². The van der Waals surface area contributed by atoms with Gasteiger partial charge < -0.3 is 14.4 Å². The quantitative estimate of drug-likeness (QED) is 0.126. The van der Waals surface area contributed by atoms with E-state index in [0.717, 1.165) is 24.3 Å². The summed E-state index contributed by atoms with van der Waals surface area (Å²) in [6.07, 6.45) is 0.939. The fraction of sp³-hybridized carbons (Fsp3) is 0.107. The van der Waals surface area contributed by atoms with E-state index in [4.69, 9.17) is 67.5 Å². The Morgan fingerprint density at radius 2 is 1.49 bits per heavy atom. The summed E-state index contributed by atoms with van der Waals surface area (Å²) < 4.78 is 12.6. The average Bonchev–Trinajstić information content (AvgIpc) is 3.45. The van der Waals surface area contributed by atoms with Gasteiger partial charge in [0.25, 0.3) is 0 Å². The second kappa shape index (κ2) is 8.20. The Hall–Kier alpha value is -2.60. The van der Waals surface area contributed by atoms with Crippen molar-refractivity contribution in [2.24, 2.45) is 0 Å². The van der Waals surface area contributed by atoms with Crippen LogP contribution < -0.4 is 9.64 Å². The number of ether oxygens (including phenoxy) is 2. The largest absolute Gasteiger partial charge is 0.456 e. The third-order valence-corrected chi connectivity index (χ3v) is 9.19. The van der Waals surface area contributed by atoms with Crippen LogP contribution in [0.3, 0.4) is 0 Å². The van der Waals surface area contributed by atoms with Crippen LogP contribution in [0.15, 0.2) is 60.7 Å². The van der Waals surface area contributed by atoms with Crippen molar-refractivity contribution in [3.63, 3.8) is 0 Å². The molecule has 0 aliphatic carbocycles. The number of hydrogen-bond donors (Lipinski definition) is 0. The van der Waals surface area contributed by atoms with E-state index in [2.05, 4.69) is 17.0 Å². The Morgan fingerprint density at radius 3 is 2.30 bits per heavy atom. The molecule has 0 amide bonds. The van der Waals surface area contributed by atoms with E-state index < -0.39 is 11.6 Å². The molecule has 37 heavy (non-hydrogen) atoms. The van der Waals surface area contributed by atoms with E-state index in [1.807, 2.05) is 30.3 Å². The summed E-state index contributed by atoms with van der Waals surface area (Å²) in [4.78, 5) is 15.6. The van der Waals surface area contributed by atoms with Crippen LogP contribution in [-0.4, -0.2) is 12.5 Å². The highest BCUT2D eigenvalue weighted by Crippen LogP contribution is 2.61. The molecule has 0 saturated carbocycles. The lowest BCUT2D eigenvalue weighted by Crippen LogP contribution is -2.33. The molecule has 1 spiro atoms. The highest BCUT2D eigenvalue weighted by atomic mass is 35.5. The standard InChI is InChI=1S/C28H14Cl5NO3/c29-14-5-7-16-19(11-14)36-20-12-15(34-10-9-13-3-1-2-4-18(13)34)6-8-17(20)28(16)22-21(27(35)37-28)23(30)25(32)26(33)24(22)31/h1-8,11-12H,9-10H2. The SMILES string of the molecule is O=C1OC2(c3ccc(Cl)cc3Oc3cc(N4CCc5ccccc54)ccc32)c2c(Cl)c(Cl)c(Cl)c(Cl)c21. The zero-order chi connectivity index (χ0) is 25.6. The van der Waals surface area contributed by atoms with Gasteiger partial charge in [0, 0.05) is 45.7 Å². The van der Waals surface area contributed by atoms with E-state index in [-0.39, 0.29) is 25.7 Å². The molecular weight excluding hydrogens is 576 g/mol. The fourth-order valence-electron chi connectivity index (χ4n) is 5.57. The number of para-hydroxylation sites is 1. The van der Waals surface area contributed by atoms with E-state index in [9.17, 15) is 4.79 Å². The molecule has 4 nitrogen and oxygen atoms in total. The summed E-state index contributed by atoms with van der Waals surface area (Å²) in [5.41, 5.74) is 3.43. The topological polar surface area (TPSA) is 38.8 Å². The van der Waals surface area contributed by atoms with Gasteiger partial charge in [0.15, 0.2) is 5.60 Å². The number of fused-ring (bicyclic) bond motifs is 7. The summed E-state index contributed by atoms with van der Waals surface area (Å²) in [7, 11) is 0. The normalized spacial score (nSPS) is 18.7. The lowest BCUT2D eigenvalue weighted by atomic mass is 9.77. The Kier molecular flexibility index (Phi) is 5.21. The van der Waals surface area contributed by atoms with Crippen LogP contribution in [0, 0.1) is 0 Å². The monoisotopic (exact) mass is 587 g/mol. The van der Waals surface area contributed by atoms with Crippen molar-refractivity contribution < 1.29 is 14.3 Å². The predicted octanol–water partition coefficient (Wildman–Crippen LogP) is 9.22. The third-order valence-electron chi connectivity index (χ3n) is 7.16. The van der Waals surface area contributed by atoms with Gasteiger partial charge in [0.05, 0.1) is 25.7 Å². The number of nitrogens with zero attached hydrogens (tertiary/aromatic N) is 1. The molecule has 4 aromatic carbocycles. The minimum Gasteiger partial charge on any atom is -0.456 e. The van der Waals surface area contributed by atoms with Crippen LogP contribution in [0.25, 0.3) is 0 Å². The number of anilines is 2. The number of carbonyl (C=O) groups excluding carboxylic acids is 1. The first-order chi connectivity index (χ1) is 17.8. The zero-order valence-electron chi connectivity index (χ0n) is 18.7. The van der Waals surface area contributed by atoms with Crippen molar-refractivity contribution in [3.05, 3.63) is 114 Å². The van der Waals surface area contributed by atoms with Crippen molar-refractivity contribution >= 4 is 75.3 Å². The Morgan fingerprint density at radius 1 is 0.784 bits per heavy atom. The minimum absolute atomic E-state index is 0.00672. The lowest BCUT2D eigenvalue weighted by molar-refractivity contribution is 0.0225. The van der Waals surface area contributed by atoms with Gasteiger partial charge in [-0.25, -0.2) is 4.79 Å². The minimum atomic E-state index is -1.46. The Balaban J connectivity index is 1.51. The molecule has 0 fully saturated rings. The van der Waals surface area contributed by atoms with Gasteiger partial charge in [-0.05, 0) is 48.4 Å².